The van der Waals surface area contributed by atoms with Crippen molar-refractivity contribution in [2.24, 2.45) is 5.41 Å². The van der Waals surface area contributed by atoms with Gasteiger partial charge in [-0.25, -0.2) is 0 Å². The molecule has 3 nitrogen and oxygen atoms in total. The van der Waals surface area contributed by atoms with Gasteiger partial charge >= 0.3 is 0 Å². The van der Waals surface area contributed by atoms with Gasteiger partial charge in [0.05, 0.1) is 18.2 Å². The molecular formula is C14H23NO2S. The standard InChI is InChI=1S/C14H23NO2S/c1-4-17-12-7-14(10-16,13(12,2)3)15-8-11-5-6-18-9-11/h5-6,9,12,15-16H,4,7-8,10H2,1-3H3/t12-,14-/m0/s1. The molecule has 0 saturated heterocycles. The molecule has 0 radical (unpaired) electrons. The molecule has 1 heterocycles. The van der Waals surface area contributed by atoms with Gasteiger partial charge in [0.25, 0.3) is 0 Å². The van der Waals surface area contributed by atoms with Gasteiger partial charge in [-0.15, -0.1) is 0 Å². The van der Waals surface area contributed by atoms with Crippen LogP contribution in [0, 0.1) is 5.41 Å². The summed E-state index contributed by atoms with van der Waals surface area (Å²) in [5.41, 5.74) is 1.03. The van der Waals surface area contributed by atoms with Gasteiger partial charge in [-0.2, -0.15) is 11.3 Å². The van der Waals surface area contributed by atoms with E-state index in [0.29, 0.717) is 0 Å². The van der Waals surface area contributed by atoms with Crippen molar-refractivity contribution in [2.75, 3.05) is 13.2 Å². The van der Waals surface area contributed by atoms with Crippen LogP contribution in [-0.2, 0) is 11.3 Å². The predicted molar refractivity (Wildman–Crippen MR) is 74.8 cm³/mol. The Kier molecular flexibility index (Phi) is 4.11. The van der Waals surface area contributed by atoms with Crippen LogP contribution >= 0.6 is 11.3 Å². The molecule has 4 heteroatoms. The van der Waals surface area contributed by atoms with E-state index >= 15 is 0 Å². The highest BCUT2D eigenvalue weighted by molar-refractivity contribution is 7.07. The Bertz CT molecular complexity index is 377. The molecule has 1 aromatic rings. The van der Waals surface area contributed by atoms with Gasteiger partial charge in [0, 0.05) is 18.6 Å². The molecule has 1 aliphatic carbocycles. The molecule has 0 bridgehead atoms. The fraction of sp³-hybridized carbons (Fsp3) is 0.714. The molecule has 0 amide bonds. The molecule has 2 N–H and O–H groups in total. The van der Waals surface area contributed by atoms with E-state index in [4.69, 9.17) is 4.74 Å². The summed E-state index contributed by atoms with van der Waals surface area (Å²) in [5.74, 6) is 0. The second-order valence-corrected chi connectivity index (χ2v) is 6.38. The van der Waals surface area contributed by atoms with E-state index in [1.807, 2.05) is 6.92 Å². The van der Waals surface area contributed by atoms with Crippen LogP contribution in [0.3, 0.4) is 0 Å². The van der Waals surface area contributed by atoms with Crippen molar-refractivity contribution in [1.29, 1.82) is 0 Å². The summed E-state index contributed by atoms with van der Waals surface area (Å²) in [6.07, 6.45) is 1.12. The van der Waals surface area contributed by atoms with Crippen LogP contribution in [0.25, 0.3) is 0 Å². The fourth-order valence-electron chi connectivity index (χ4n) is 2.77. The van der Waals surface area contributed by atoms with E-state index in [-0.39, 0.29) is 23.7 Å². The van der Waals surface area contributed by atoms with Crippen LogP contribution in [0.2, 0.25) is 0 Å². The zero-order valence-electron chi connectivity index (χ0n) is 11.4. The van der Waals surface area contributed by atoms with E-state index in [9.17, 15) is 5.11 Å². The van der Waals surface area contributed by atoms with Gasteiger partial charge in [0.15, 0.2) is 0 Å². The second kappa shape index (κ2) is 5.29. The highest BCUT2D eigenvalue weighted by atomic mass is 32.1. The van der Waals surface area contributed by atoms with E-state index < -0.39 is 0 Å². The highest BCUT2D eigenvalue weighted by Gasteiger charge is 2.60. The summed E-state index contributed by atoms with van der Waals surface area (Å²) in [7, 11) is 0. The first-order valence-electron chi connectivity index (χ1n) is 6.54. The Balaban J connectivity index is 2.00. The van der Waals surface area contributed by atoms with Crippen LogP contribution in [-0.4, -0.2) is 30.0 Å². The van der Waals surface area contributed by atoms with Crippen LogP contribution in [0.15, 0.2) is 16.8 Å². The highest BCUT2D eigenvalue weighted by Crippen LogP contribution is 2.51. The molecule has 0 aliphatic heterocycles. The monoisotopic (exact) mass is 269 g/mol. The van der Waals surface area contributed by atoms with Crippen molar-refractivity contribution in [3.05, 3.63) is 22.4 Å². The number of aliphatic hydroxyl groups is 1. The van der Waals surface area contributed by atoms with Crippen LogP contribution < -0.4 is 5.32 Å². The smallest absolute Gasteiger partial charge is 0.0663 e. The zero-order chi connectivity index (χ0) is 13.2. The molecule has 1 aromatic heterocycles. The van der Waals surface area contributed by atoms with Crippen molar-refractivity contribution >= 4 is 11.3 Å². The number of thiophene rings is 1. The van der Waals surface area contributed by atoms with Crippen molar-refractivity contribution in [1.82, 2.24) is 5.32 Å². The normalized spacial score (nSPS) is 30.1. The van der Waals surface area contributed by atoms with E-state index in [2.05, 4.69) is 36.0 Å². The number of aliphatic hydroxyl groups excluding tert-OH is 1. The summed E-state index contributed by atoms with van der Waals surface area (Å²) in [6, 6.07) is 2.12. The molecule has 1 fully saturated rings. The third-order valence-corrected chi connectivity index (χ3v) is 5.15. The van der Waals surface area contributed by atoms with Gasteiger partial charge in [-0.1, -0.05) is 13.8 Å². The first-order chi connectivity index (χ1) is 8.55. The van der Waals surface area contributed by atoms with Crippen LogP contribution in [0.4, 0.5) is 0 Å². The van der Waals surface area contributed by atoms with Gasteiger partial charge in [0.2, 0.25) is 0 Å². The van der Waals surface area contributed by atoms with Crippen molar-refractivity contribution in [2.45, 2.75) is 45.4 Å². The number of hydrogen-bond donors (Lipinski definition) is 2. The summed E-state index contributed by atoms with van der Waals surface area (Å²) < 4.78 is 5.74. The lowest BCUT2D eigenvalue weighted by atomic mass is 9.54. The Morgan fingerprint density at radius 1 is 1.56 bits per heavy atom. The minimum absolute atomic E-state index is 0.0339. The Morgan fingerprint density at radius 3 is 2.83 bits per heavy atom. The average molecular weight is 269 g/mol. The summed E-state index contributed by atoms with van der Waals surface area (Å²) in [5, 5.41) is 17.5. The third kappa shape index (κ3) is 2.23. The molecule has 2 rings (SSSR count). The zero-order valence-corrected chi connectivity index (χ0v) is 12.2. The van der Waals surface area contributed by atoms with Crippen LogP contribution in [0.1, 0.15) is 32.8 Å². The van der Waals surface area contributed by atoms with Gasteiger partial charge in [-0.05, 0) is 35.7 Å². The topological polar surface area (TPSA) is 41.5 Å². The molecule has 0 unspecified atom stereocenters. The lowest BCUT2D eigenvalue weighted by Crippen LogP contribution is -2.73. The van der Waals surface area contributed by atoms with Crippen molar-refractivity contribution in [3.63, 3.8) is 0 Å². The molecule has 0 aromatic carbocycles. The quantitative estimate of drug-likeness (QED) is 0.833. The summed E-state index contributed by atoms with van der Waals surface area (Å²) >= 11 is 1.70. The molecule has 0 spiro atoms. The Labute approximate surface area is 113 Å². The lowest BCUT2D eigenvalue weighted by Gasteiger charge is -2.60. The van der Waals surface area contributed by atoms with Gasteiger partial charge in [0.1, 0.15) is 0 Å². The summed E-state index contributed by atoms with van der Waals surface area (Å²) in [4.78, 5) is 0. The maximum atomic E-state index is 9.77. The first kappa shape index (κ1) is 14.0. The first-order valence-corrected chi connectivity index (χ1v) is 7.48. The SMILES string of the molecule is CCO[C@H]1C[C@@](CO)(NCc2ccsc2)C1(C)C. The van der Waals surface area contributed by atoms with Crippen molar-refractivity contribution < 1.29 is 9.84 Å². The molecule has 102 valence electrons. The van der Waals surface area contributed by atoms with E-state index in [0.717, 1.165) is 19.6 Å². The summed E-state index contributed by atoms with van der Waals surface area (Å²) in [6.45, 7) is 8.08. The maximum Gasteiger partial charge on any atom is 0.0663 e. The largest absolute Gasteiger partial charge is 0.394 e. The van der Waals surface area contributed by atoms with Crippen LogP contribution in [0.5, 0.6) is 0 Å². The fourth-order valence-corrected chi connectivity index (χ4v) is 3.44. The lowest BCUT2D eigenvalue weighted by molar-refractivity contribution is -0.177. The predicted octanol–water partition coefficient (Wildman–Crippen LogP) is 2.40. The minimum atomic E-state index is -0.214. The number of hydrogen-bond acceptors (Lipinski definition) is 4. The van der Waals surface area contributed by atoms with E-state index in [1.54, 1.807) is 11.3 Å². The Morgan fingerprint density at radius 2 is 2.33 bits per heavy atom. The number of rotatable bonds is 6. The van der Waals surface area contributed by atoms with Gasteiger partial charge in [-0.3, -0.25) is 0 Å². The Hall–Kier alpha value is -0.420. The molecule has 2 atom stereocenters. The maximum absolute atomic E-state index is 9.77. The second-order valence-electron chi connectivity index (χ2n) is 5.60. The molecular weight excluding hydrogens is 246 g/mol. The van der Waals surface area contributed by atoms with E-state index in [1.165, 1.54) is 5.56 Å². The van der Waals surface area contributed by atoms with Gasteiger partial charge < -0.3 is 15.2 Å². The van der Waals surface area contributed by atoms with Crippen molar-refractivity contribution in [3.8, 4) is 0 Å². The molecule has 1 saturated carbocycles. The minimum Gasteiger partial charge on any atom is -0.394 e. The number of nitrogens with one attached hydrogen (secondary N) is 1. The number of ether oxygens (including phenoxy) is 1. The molecule has 18 heavy (non-hydrogen) atoms. The average Bonchev–Trinajstić information content (AvgIpc) is 2.86. The third-order valence-electron chi connectivity index (χ3n) is 4.42. The molecule has 1 aliphatic rings.